The van der Waals surface area contributed by atoms with Crippen molar-refractivity contribution in [2.45, 2.75) is 33.4 Å². The van der Waals surface area contributed by atoms with Crippen LogP contribution in [0.3, 0.4) is 0 Å². The Morgan fingerprint density at radius 1 is 0.912 bits per heavy atom. The number of nitrogens with zero attached hydrogens (tertiary/aromatic N) is 2. The van der Waals surface area contributed by atoms with Gasteiger partial charge in [-0.15, -0.1) is 0 Å². The van der Waals surface area contributed by atoms with Crippen LogP contribution >= 0.6 is 0 Å². The lowest BCUT2D eigenvalue weighted by molar-refractivity contribution is -0.128. The molecule has 4 aromatic rings. The molecule has 1 atom stereocenters. The average Bonchev–Trinajstić information content (AvgIpc) is 2.83. The fraction of sp³-hybridized carbons (Fsp3) is 0.231. The second-order valence-electron chi connectivity index (χ2n) is 8.49. The van der Waals surface area contributed by atoms with Crippen molar-refractivity contribution in [3.63, 3.8) is 0 Å². The highest BCUT2D eigenvalue weighted by molar-refractivity contribution is 6.05. The largest absolute Gasteiger partial charge is 0.481 e. The van der Waals surface area contributed by atoms with Gasteiger partial charge in [0.2, 0.25) is 0 Å². The van der Waals surface area contributed by atoms with Gasteiger partial charge in [0.25, 0.3) is 17.4 Å². The summed E-state index contributed by atoms with van der Waals surface area (Å²) in [5.74, 6) is -0.447. The van der Waals surface area contributed by atoms with E-state index in [0.717, 1.165) is 10.8 Å². The van der Waals surface area contributed by atoms with Gasteiger partial charge in [0, 0.05) is 11.9 Å². The summed E-state index contributed by atoms with van der Waals surface area (Å²) in [6, 6.07) is 20.2. The molecule has 0 aliphatic carbocycles. The molecule has 0 aliphatic rings. The van der Waals surface area contributed by atoms with Gasteiger partial charge >= 0.3 is 0 Å². The van der Waals surface area contributed by atoms with Gasteiger partial charge in [-0.3, -0.25) is 25.2 Å². The summed E-state index contributed by atoms with van der Waals surface area (Å²) in [6.07, 6.45) is -0.860. The lowest BCUT2D eigenvalue weighted by atomic mass is 10.1. The first-order valence-corrected chi connectivity index (χ1v) is 11.1. The van der Waals surface area contributed by atoms with E-state index in [2.05, 4.69) is 16.0 Å². The minimum absolute atomic E-state index is 0.0549. The van der Waals surface area contributed by atoms with E-state index >= 15 is 0 Å². The predicted molar refractivity (Wildman–Crippen MR) is 130 cm³/mol. The molecule has 0 spiro atoms. The van der Waals surface area contributed by atoms with Crippen molar-refractivity contribution in [1.29, 1.82) is 0 Å². The Hall–Kier alpha value is -4.20. The number of carbonyl (C=O) groups excluding carboxylic acids is 2. The maximum absolute atomic E-state index is 12.9. The smallest absolute Gasteiger partial charge is 0.290 e. The highest BCUT2D eigenvalue weighted by Gasteiger charge is 2.20. The first-order valence-electron chi connectivity index (χ1n) is 11.1. The second-order valence-corrected chi connectivity index (χ2v) is 8.49. The molecule has 34 heavy (non-hydrogen) atoms. The van der Waals surface area contributed by atoms with E-state index in [1.165, 1.54) is 4.68 Å². The molecule has 1 unspecified atom stereocenters. The number of hydrogen-bond donors (Lipinski definition) is 2. The minimum Gasteiger partial charge on any atom is -0.481 e. The molecule has 8 nitrogen and oxygen atoms in total. The molecule has 8 heteroatoms. The molecule has 0 bridgehead atoms. The molecule has 3 aromatic carbocycles. The number of hydrazine groups is 1. The van der Waals surface area contributed by atoms with Crippen molar-refractivity contribution < 1.29 is 14.3 Å². The van der Waals surface area contributed by atoms with Gasteiger partial charge < -0.3 is 4.74 Å². The standard InChI is InChI=1S/C26H26N4O4/c1-16(2)15-30-26(33)22-11-7-6-10-21(22)23(29-30)25(32)28-27-24(31)17(3)34-20-13-12-18-8-4-5-9-19(18)14-20/h4-14,16-17H,15H2,1-3H3,(H,27,31)(H,28,32). The molecule has 0 fully saturated rings. The van der Waals surface area contributed by atoms with Crippen molar-refractivity contribution in [3.05, 3.63) is 82.8 Å². The number of carbonyl (C=O) groups is 2. The molecular weight excluding hydrogens is 432 g/mol. The molecule has 174 valence electrons. The number of aromatic nitrogens is 2. The maximum Gasteiger partial charge on any atom is 0.290 e. The van der Waals surface area contributed by atoms with E-state index in [0.29, 0.717) is 23.1 Å². The van der Waals surface area contributed by atoms with Crippen LogP contribution in [0.1, 0.15) is 31.3 Å². The van der Waals surface area contributed by atoms with Gasteiger partial charge in [-0.25, -0.2) is 4.68 Å². The predicted octanol–water partition coefficient (Wildman–Crippen LogP) is 3.43. The van der Waals surface area contributed by atoms with Crippen molar-refractivity contribution >= 4 is 33.4 Å². The molecule has 4 rings (SSSR count). The van der Waals surface area contributed by atoms with Crippen LogP contribution in [-0.4, -0.2) is 27.7 Å². The summed E-state index contributed by atoms with van der Waals surface area (Å²) in [5.41, 5.74) is 4.57. The van der Waals surface area contributed by atoms with Crippen molar-refractivity contribution in [3.8, 4) is 5.75 Å². The third-order valence-electron chi connectivity index (χ3n) is 5.32. The molecule has 1 aromatic heterocycles. The first-order chi connectivity index (χ1) is 16.3. The van der Waals surface area contributed by atoms with Gasteiger partial charge in [-0.2, -0.15) is 5.10 Å². The van der Waals surface area contributed by atoms with E-state index in [1.54, 1.807) is 37.3 Å². The zero-order valence-electron chi connectivity index (χ0n) is 19.2. The second kappa shape index (κ2) is 9.74. The average molecular weight is 459 g/mol. The van der Waals surface area contributed by atoms with E-state index < -0.39 is 17.9 Å². The SMILES string of the molecule is CC(C)Cn1nc(C(=O)NNC(=O)C(C)Oc2ccc3ccccc3c2)c2ccccc2c1=O. The normalized spacial score (nSPS) is 12.0. The number of fused-ring (bicyclic) bond motifs is 2. The summed E-state index contributed by atoms with van der Waals surface area (Å²) in [6.45, 7) is 5.88. The van der Waals surface area contributed by atoms with Crippen LogP contribution in [0.15, 0.2) is 71.5 Å². The lowest BCUT2D eigenvalue weighted by Gasteiger charge is -2.16. The monoisotopic (exact) mass is 458 g/mol. The topological polar surface area (TPSA) is 102 Å². The number of ether oxygens (including phenoxy) is 1. The summed E-state index contributed by atoms with van der Waals surface area (Å²) in [7, 11) is 0. The van der Waals surface area contributed by atoms with Gasteiger partial charge in [0.05, 0.1) is 5.39 Å². The van der Waals surface area contributed by atoms with Crippen molar-refractivity contribution in [1.82, 2.24) is 20.6 Å². The van der Waals surface area contributed by atoms with Crippen LogP contribution in [0.4, 0.5) is 0 Å². The highest BCUT2D eigenvalue weighted by Crippen LogP contribution is 2.21. The Bertz CT molecular complexity index is 1430. The highest BCUT2D eigenvalue weighted by atomic mass is 16.5. The first kappa shape index (κ1) is 23.0. The molecule has 0 radical (unpaired) electrons. The Kier molecular flexibility index (Phi) is 6.58. The minimum atomic E-state index is -0.860. The van der Waals surface area contributed by atoms with E-state index in [9.17, 15) is 14.4 Å². The van der Waals surface area contributed by atoms with Crippen LogP contribution in [0.2, 0.25) is 0 Å². The van der Waals surface area contributed by atoms with Crippen LogP contribution in [0.5, 0.6) is 5.75 Å². The molecule has 0 saturated heterocycles. The molecule has 0 saturated carbocycles. The van der Waals surface area contributed by atoms with Crippen molar-refractivity contribution in [2.24, 2.45) is 5.92 Å². The quantitative estimate of drug-likeness (QED) is 0.431. The number of nitrogens with one attached hydrogen (secondary N) is 2. The summed E-state index contributed by atoms with van der Waals surface area (Å²) >= 11 is 0. The lowest BCUT2D eigenvalue weighted by Crippen LogP contribution is -2.47. The Morgan fingerprint density at radius 2 is 1.59 bits per heavy atom. The van der Waals surface area contributed by atoms with E-state index in [4.69, 9.17) is 4.74 Å². The van der Waals surface area contributed by atoms with E-state index in [1.807, 2.05) is 50.2 Å². The van der Waals surface area contributed by atoms with Gasteiger partial charge in [-0.05, 0) is 41.8 Å². The molecule has 1 heterocycles. The number of hydrogen-bond acceptors (Lipinski definition) is 5. The summed E-state index contributed by atoms with van der Waals surface area (Å²) < 4.78 is 7.03. The number of rotatable bonds is 6. The number of benzene rings is 3. The zero-order valence-corrected chi connectivity index (χ0v) is 19.2. The van der Waals surface area contributed by atoms with Gasteiger partial charge in [-0.1, -0.05) is 62.4 Å². The zero-order chi connectivity index (χ0) is 24.2. The van der Waals surface area contributed by atoms with Crippen molar-refractivity contribution in [2.75, 3.05) is 0 Å². The third-order valence-corrected chi connectivity index (χ3v) is 5.32. The third kappa shape index (κ3) is 4.91. The summed E-state index contributed by atoms with van der Waals surface area (Å²) in [5, 5.41) is 7.14. The van der Waals surface area contributed by atoms with Gasteiger partial charge in [0.15, 0.2) is 11.8 Å². The molecule has 0 aliphatic heterocycles. The Balaban J connectivity index is 1.47. The molecule has 2 N–H and O–H groups in total. The Labute approximate surface area is 196 Å². The van der Waals surface area contributed by atoms with Crippen LogP contribution in [0.25, 0.3) is 21.5 Å². The maximum atomic E-state index is 12.9. The van der Waals surface area contributed by atoms with Gasteiger partial charge in [0.1, 0.15) is 5.75 Å². The fourth-order valence-electron chi connectivity index (χ4n) is 3.65. The molecule has 2 amide bonds. The Morgan fingerprint density at radius 3 is 2.32 bits per heavy atom. The van der Waals surface area contributed by atoms with Crippen LogP contribution in [-0.2, 0) is 11.3 Å². The van der Waals surface area contributed by atoms with Crippen LogP contribution in [0, 0.1) is 5.92 Å². The summed E-state index contributed by atoms with van der Waals surface area (Å²) in [4.78, 5) is 38.2. The van der Waals surface area contributed by atoms with E-state index in [-0.39, 0.29) is 17.2 Å². The fourth-order valence-corrected chi connectivity index (χ4v) is 3.65. The number of amides is 2. The van der Waals surface area contributed by atoms with Crippen LogP contribution < -0.4 is 21.1 Å². The molecular formula is C26H26N4O4.